The molecule has 0 radical (unpaired) electrons. The van der Waals surface area contributed by atoms with Gasteiger partial charge in [-0.05, 0) is 33.1 Å². The van der Waals surface area contributed by atoms with Gasteiger partial charge in [0.1, 0.15) is 5.69 Å². The summed E-state index contributed by atoms with van der Waals surface area (Å²) in [7, 11) is 5.59. The Kier molecular flexibility index (Phi) is 4.77. The van der Waals surface area contributed by atoms with Crippen molar-refractivity contribution in [2.24, 2.45) is 11.8 Å². The quantitative estimate of drug-likeness (QED) is 0.737. The monoisotopic (exact) mass is 280 g/mol. The molecule has 1 fully saturated rings. The van der Waals surface area contributed by atoms with Crippen LogP contribution in [0, 0.1) is 11.8 Å². The first-order valence-electron chi connectivity index (χ1n) is 7.04. The highest BCUT2D eigenvalue weighted by Gasteiger charge is 2.32. The highest BCUT2D eigenvalue weighted by Crippen LogP contribution is 2.26. The van der Waals surface area contributed by atoms with E-state index in [1.54, 1.807) is 18.0 Å². The molecule has 1 aromatic heterocycles. The van der Waals surface area contributed by atoms with Crippen molar-refractivity contribution in [1.29, 1.82) is 0 Å². The molecule has 1 N–H and O–H groups in total. The average Bonchev–Trinajstić information content (AvgIpc) is 2.75. The number of ether oxygens (including phenoxy) is 1. The SMILES string of the molecule is COc1cnn(CCN(C)C)c1C(=O)C(C)C1CNC1. The number of methoxy groups -OCH3 is 1. The largest absolute Gasteiger partial charge is 0.493 e. The zero-order chi connectivity index (χ0) is 14.7. The molecule has 1 atom stereocenters. The molecule has 6 heteroatoms. The third-order valence-corrected chi connectivity index (χ3v) is 3.95. The number of ketones is 1. The smallest absolute Gasteiger partial charge is 0.187 e. The lowest BCUT2D eigenvalue weighted by atomic mass is 9.84. The maximum atomic E-state index is 12.7. The van der Waals surface area contributed by atoms with Crippen LogP contribution in [0.4, 0.5) is 0 Å². The van der Waals surface area contributed by atoms with Gasteiger partial charge in [0.15, 0.2) is 11.5 Å². The van der Waals surface area contributed by atoms with Crippen molar-refractivity contribution in [2.75, 3.05) is 40.8 Å². The summed E-state index contributed by atoms with van der Waals surface area (Å²) in [5, 5.41) is 7.51. The number of Topliss-reactive ketones (excluding diaryl/α,β-unsaturated/α-hetero) is 1. The lowest BCUT2D eigenvalue weighted by Gasteiger charge is -2.31. The van der Waals surface area contributed by atoms with Crippen LogP contribution in [0.1, 0.15) is 17.4 Å². The van der Waals surface area contributed by atoms with Gasteiger partial charge in [0.25, 0.3) is 0 Å². The van der Waals surface area contributed by atoms with Gasteiger partial charge in [-0.1, -0.05) is 6.92 Å². The van der Waals surface area contributed by atoms with Gasteiger partial charge in [0.2, 0.25) is 0 Å². The maximum absolute atomic E-state index is 12.7. The normalized spacial score (nSPS) is 17.1. The van der Waals surface area contributed by atoms with Crippen LogP contribution in [0.15, 0.2) is 6.20 Å². The number of hydrogen-bond acceptors (Lipinski definition) is 5. The Balaban J connectivity index is 2.18. The van der Waals surface area contributed by atoms with E-state index in [0.29, 0.717) is 23.9 Å². The van der Waals surface area contributed by atoms with Gasteiger partial charge in [0, 0.05) is 12.5 Å². The molecule has 1 aromatic rings. The van der Waals surface area contributed by atoms with Gasteiger partial charge in [-0.3, -0.25) is 9.48 Å². The number of nitrogens with zero attached hydrogens (tertiary/aromatic N) is 3. The lowest BCUT2D eigenvalue weighted by molar-refractivity contribution is 0.0838. The van der Waals surface area contributed by atoms with E-state index >= 15 is 0 Å². The molecule has 0 spiro atoms. The van der Waals surface area contributed by atoms with Crippen LogP contribution >= 0.6 is 0 Å². The summed E-state index contributed by atoms with van der Waals surface area (Å²) in [5.41, 5.74) is 0.605. The van der Waals surface area contributed by atoms with Crippen molar-refractivity contribution in [3.63, 3.8) is 0 Å². The number of rotatable bonds is 7. The van der Waals surface area contributed by atoms with Gasteiger partial charge < -0.3 is 15.0 Å². The number of carbonyl (C=O) groups excluding carboxylic acids is 1. The van der Waals surface area contributed by atoms with Gasteiger partial charge in [-0.2, -0.15) is 5.10 Å². The molecule has 2 rings (SSSR count). The van der Waals surface area contributed by atoms with Crippen molar-refractivity contribution < 1.29 is 9.53 Å². The Morgan fingerprint density at radius 2 is 2.30 bits per heavy atom. The van der Waals surface area contributed by atoms with E-state index in [-0.39, 0.29) is 11.7 Å². The Morgan fingerprint density at radius 1 is 1.60 bits per heavy atom. The minimum atomic E-state index is -0.0000406. The fourth-order valence-corrected chi connectivity index (χ4v) is 2.32. The molecule has 1 aliphatic heterocycles. The first-order valence-corrected chi connectivity index (χ1v) is 7.04. The van der Waals surface area contributed by atoms with Crippen molar-refractivity contribution in [1.82, 2.24) is 20.0 Å². The zero-order valence-corrected chi connectivity index (χ0v) is 12.7. The molecule has 6 nitrogen and oxygen atoms in total. The van der Waals surface area contributed by atoms with E-state index in [2.05, 4.69) is 15.3 Å². The predicted molar refractivity (Wildman–Crippen MR) is 77.2 cm³/mol. The van der Waals surface area contributed by atoms with E-state index in [1.165, 1.54) is 0 Å². The summed E-state index contributed by atoms with van der Waals surface area (Å²) >= 11 is 0. The summed E-state index contributed by atoms with van der Waals surface area (Å²) in [6.07, 6.45) is 1.63. The Morgan fingerprint density at radius 3 is 2.80 bits per heavy atom. The fourth-order valence-electron chi connectivity index (χ4n) is 2.32. The summed E-state index contributed by atoms with van der Waals surface area (Å²) in [6, 6.07) is 0. The highest BCUT2D eigenvalue weighted by molar-refractivity contribution is 5.98. The molecule has 0 saturated carbocycles. The number of carbonyl (C=O) groups is 1. The second kappa shape index (κ2) is 6.37. The Bertz CT molecular complexity index is 466. The molecule has 0 amide bonds. The highest BCUT2D eigenvalue weighted by atomic mass is 16.5. The minimum Gasteiger partial charge on any atom is -0.493 e. The third kappa shape index (κ3) is 3.02. The van der Waals surface area contributed by atoms with Crippen molar-refractivity contribution in [2.45, 2.75) is 13.5 Å². The summed E-state index contributed by atoms with van der Waals surface area (Å²) in [5.74, 6) is 1.13. The van der Waals surface area contributed by atoms with Crippen LogP contribution in [0.2, 0.25) is 0 Å². The molecular weight excluding hydrogens is 256 g/mol. The molecule has 20 heavy (non-hydrogen) atoms. The van der Waals surface area contributed by atoms with Crippen molar-refractivity contribution in [3.8, 4) is 5.75 Å². The zero-order valence-electron chi connectivity index (χ0n) is 12.7. The average molecular weight is 280 g/mol. The van der Waals surface area contributed by atoms with Gasteiger partial charge in [0.05, 0.1) is 19.9 Å². The van der Waals surface area contributed by atoms with E-state index in [1.807, 2.05) is 21.0 Å². The molecule has 1 aliphatic rings. The molecule has 2 heterocycles. The number of hydrogen-bond donors (Lipinski definition) is 1. The van der Waals surface area contributed by atoms with E-state index < -0.39 is 0 Å². The topological polar surface area (TPSA) is 59.4 Å². The van der Waals surface area contributed by atoms with Crippen LogP contribution in [-0.4, -0.2) is 61.3 Å². The molecule has 0 bridgehead atoms. The van der Waals surface area contributed by atoms with Crippen molar-refractivity contribution in [3.05, 3.63) is 11.9 Å². The molecule has 1 saturated heterocycles. The predicted octanol–water partition coefficient (Wildman–Crippen LogP) is 0.492. The van der Waals surface area contributed by atoms with Gasteiger partial charge >= 0.3 is 0 Å². The van der Waals surface area contributed by atoms with E-state index in [4.69, 9.17) is 4.74 Å². The van der Waals surface area contributed by atoms with E-state index in [0.717, 1.165) is 19.6 Å². The lowest BCUT2D eigenvalue weighted by Crippen LogP contribution is -2.47. The molecule has 0 aliphatic carbocycles. The van der Waals surface area contributed by atoms with Crippen LogP contribution in [-0.2, 0) is 6.54 Å². The Labute approximate surface area is 120 Å². The molecular formula is C14H24N4O2. The maximum Gasteiger partial charge on any atom is 0.187 e. The second-order valence-electron chi connectivity index (χ2n) is 5.66. The number of likely N-dealkylation sites (N-methyl/N-ethyl adjacent to an activating group) is 1. The first-order chi connectivity index (χ1) is 9.54. The van der Waals surface area contributed by atoms with Crippen molar-refractivity contribution >= 4 is 5.78 Å². The summed E-state index contributed by atoms with van der Waals surface area (Å²) < 4.78 is 7.07. The molecule has 112 valence electrons. The van der Waals surface area contributed by atoms with Crippen LogP contribution < -0.4 is 10.1 Å². The summed E-state index contributed by atoms with van der Waals surface area (Å²) in [4.78, 5) is 14.8. The molecule has 1 unspecified atom stereocenters. The summed E-state index contributed by atoms with van der Waals surface area (Å²) in [6.45, 7) is 5.36. The fraction of sp³-hybridized carbons (Fsp3) is 0.714. The minimum absolute atomic E-state index is 0.0000406. The first kappa shape index (κ1) is 15.0. The second-order valence-corrected chi connectivity index (χ2v) is 5.66. The Hall–Kier alpha value is -1.40. The molecule has 0 aromatic carbocycles. The number of aromatic nitrogens is 2. The van der Waals surface area contributed by atoms with Crippen LogP contribution in [0.5, 0.6) is 5.75 Å². The standard InChI is InChI=1S/C14H24N4O2/c1-10(11-7-15-8-11)14(19)13-12(20-4)9-16-18(13)6-5-17(2)3/h9-11,15H,5-8H2,1-4H3. The van der Waals surface area contributed by atoms with Crippen LogP contribution in [0.25, 0.3) is 0 Å². The number of nitrogens with one attached hydrogen (secondary N) is 1. The third-order valence-electron chi connectivity index (χ3n) is 3.95. The van der Waals surface area contributed by atoms with Gasteiger partial charge in [-0.25, -0.2) is 0 Å². The van der Waals surface area contributed by atoms with Crippen LogP contribution in [0.3, 0.4) is 0 Å². The van der Waals surface area contributed by atoms with Gasteiger partial charge in [-0.15, -0.1) is 0 Å². The van der Waals surface area contributed by atoms with E-state index in [9.17, 15) is 4.79 Å².